The number of amides is 1. The van der Waals surface area contributed by atoms with Gasteiger partial charge < -0.3 is 14.6 Å². The van der Waals surface area contributed by atoms with Gasteiger partial charge in [0.1, 0.15) is 5.76 Å². The maximum Gasteiger partial charge on any atom is 0.253 e. The lowest BCUT2D eigenvalue weighted by Gasteiger charge is -2.21. The summed E-state index contributed by atoms with van der Waals surface area (Å²) in [7, 11) is 0. The average molecular weight is 389 g/mol. The molecule has 1 N–H and O–H groups in total. The van der Waals surface area contributed by atoms with Gasteiger partial charge in [-0.25, -0.2) is 0 Å². The molecule has 2 heterocycles. The maximum absolute atomic E-state index is 12.7. The van der Waals surface area contributed by atoms with Crippen LogP contribution in [0.25, 0.3) is 16.3 Å². The van der Waals surface area contributed by atoms with Gasteiger partial charge in [-0.05, 0) is 57.5 Å². The molecule has 0 atom stereocenters. The van der Waals surface area contributed by atoms with Crippen LogP contribution in [-0.2, 0) is 0 Å². The molecule has 0 spiro atoms. The van der Waals surface area contributed by atoms with Gasteiger partial charge in [-0.2, -0.15) is 0 Å². The van der Waals surface area contributed by atoms with Gasteiger partial charge in [0, 0.05) is 35.0 Å². The number of furan rings is 1. The van der Waals surface area contributed by atoms with Crippen molar-refractivity contribution in [3.8, 4) is 0 Å². The molecule has 0 unspecified atom stereocenters. The van der Waals surface area contributed by atoms with Crippen molar-refractivity contribution in [2.75, 3.05) is 26.2 Å². The van der Waals surface area contributed by atoms with Gasteiger partial charge in [-0.15, -0.1) is 0 Å². The zero-order valence-electron chi connectivity index (χ0n) is 17.2. The first kappa shape index (κ1) is 19.5. The van der Waals surface area contributed by atoms with Crippen LogP contribution < -0.4 is 5.32 Å². The zero-order chi connectivity index (χ0) is 20.2. The number of hydrogen-bond acceptors (Lipinski definition) is 3. The van der Waals surface area contributed by atoms with Crippen LogP contribution in [0, 0.1) is 0 Å². The van der Waals surface area contributed by atoms with Crippen molar-refractivity contribution in [2.24, 2.45) is 0 Å². The lowest BCUT2D eigenvalue weighted by atomic mass is 9.90. The third kappa shape index (κ3) is 3.85. The largest absolute Gasteiger partial charge is 0.463 e. The maximum atomic E-state index is 12.7. The molecule has 1 saturated heterocycles. The second-order valence-electron chi connectivity index (χ2n) is 7.44. The molecule has 1 aliphatic rings. The number of carbonyl (C=O) groups excluding carboxylic acids is 1. The first-order chi connectivity index (χ1) is 14.2. The number of fused-ring (bicyclic) bond motifs is 1. The first-order valence-electron chi connectivity index (χ1n) is 10.5. The highest BCUT2D eigenvalue weighted by Gasteiger charge is 2.20. The van der Waals surface area contributed by atoms with Crippen molar-refractivity contribution in [2.45, 2.75) is 26.7 Å². The van der Waals surface area contributed by atoms with Crippen LogP contribution in [0.15, 0.2) is 64.8 Å². The summed E-state index contributed by atoms with van der Waals surface area (Å²) in [5, 5.41) is 5.69. The monoisotopic (exact) mass is 388 g/mol. The molecule has 1 amide bonds. The fraction of sp³-hybridized carbons (Fsp3) is 0.320. The fourth-order valence-electron chi connectivity index (χ4n) is 4.13. The molecule has 4 rings (SSSR count). The molecule has 0 bridgehead atoms. The lowest BCUT2D eigenvalue weighted by molar-refractivity contribution is 0.0773. The smallest absolute Gasteiger partial charge is 0.253 e. The molecule has 29 heavy (non-hydrogen) atoms. The molecule has 1 fully saturated rings. The SMILES string of the molecule is CCN(CC)C(=O)c1ccc(C(=C2CCNCC2)c2occ3ccccc23)cc1. The Labute approximate surface area is 172 Å². The summed E-state index contributed by atoms with van der Waals surface area (Å²) in [5.74, 6) is 1.02. The summed E-state index contributed by atoms with van der Waals surface area (Å²) in [6, 6.07) is 16.3. The van der Waals surface area contributed by atoms with Crippen molar-refractivity contribution in [3.63, 3.8) is 0 Å². The van der Waals surface area contributed by atoms with E-state index in [4.69, 9.17) is 4.42 Å². The summed E-state index contributed by atoms with van der Waals surface area (Å²) in [6.45, 7) is 7.43. The summed E-state index contributed by atoms with van der Waals surface area (Å²) >= 11 is 0. The van der Waals surface area contributed by atoms with E-state index in [0.29, 0.717) is 0 Å². The van der Waals surface area contributed by atoms with Gasteiger partial charge in [0.25, 0.3) is 5.91 Å². The van der Waals surface area contributed by atoms with E-state index < -0.39 is 0 Å². The third-order valence-corrected chi connectivity index (χ3v) is 5.77. The molecule has 1 aliphatic heterocycles. The van der Waals surface area contributed by atoms with Crippen LogP contribution in [-0.4, -0.2) is 37.0 Å². The molecule has 0 radical (unpaired) electrons. The molecule has 0 aliphatic carbocycles. The van der Waals surface area contributed by atoms with E-state index in [1.54, 1.807) is 0 Å². The Balaban J connectivity index is 1.78. The molecule has 4 nitrogen and oxygen atoms in total. The van der Waals surface area contributed by atoms with E-state index in [2.05, 4.69) is 35.6 Å². The number of hydrogen-bond donors (Lipinski definition) is 1. The third-order valence-electron chi connectivity index (χ3n) is 5.77. The summed E-state index contributed by atoms with van der Waals surface area (Å²) < 4.78 is 6.08. The summed E-state index contributed by atoms with van der Waals surface area (Å²) in [5.41, 5.74) is 4.43. The number of piperidine rings is 1. The second kappa shape index (κ2) is 8.66. The molecular formula is C25H28N2O2. The van der Waals surface area contributed by atoms with Gasteiger partial charge in [-0.3, -0.25) is 4.79 Å². The standard InChI is InChI=1S/C25H28N2O2/c1-3-27(4-2)25(28)20-11-9-18(10-12-20)23(19-13-15-26-16-14-19)24-22-8-6-5-7-21(22)17-29-24/h5-12,17,26H,3-4,13-16H2,1-2H3. The Morgan fingerprint density at radius 1 is 0.966 bits per heavy atom. The van der Waals surface area contributed by atoms with Gasteiger partial charge in [0.2, 0.25) is 0 Å². The van der Waals surface area contributed by atoms with Crippen molar-refractivity contribution in [1.29, 1.82) is 0 Å². The van der Waals surface area contributed by atoms with Crippen LogP contribution in [0.2, 0.25) is 0 Å². The molecule has 2 aromatic carbocycles. The van der Waals surface area contributed by atoms with Crippen molar-refractivity contribution in [3.05, 3.63) is 77.3 Å². The Morgan fingerprint density at radius 3 is 2.31 bits per heavy atom. The summed E-state index contributed by atoms with van der Waals surface area (Å²) in [4.78, 5) is 14.5. The Kier molecular flexibility index (Phi) is 5.81. The van der Waals surface area contributed by atoms with Gasteiger partial charge in [-0.1, -0.05) is 42.0 Å². The quantitative estimate of drug-likeness (QED) is 0.661. The highest BCUT2D eigenvalue weighted by atomic mass is 16.3. The average Bonchev–Trinajstić information content (AvgIpc) is 3.20. The number of nitrogens with zero attached hydrogens (tertiary/aromatic N) is 1. The van der Waals surface area contributed by atoms with E-state index in [1.807, 2.05) is 43.2 Å². The number of carbonyl (C=O) groups is 1. The fourth-order valence-corrected chi connectivity index (χ4v) is 4.13. The van der Waals surface area contributed by atoms with Crippen LogP contribution in [0.5, 0.6) is 0 Å². The Hall–Kier alpha value is -2.85. The topological polar surface area (TPSA) is 45.5 Å². The minimum absolute atomic E-state index is 0.0843. The summed E-state index contributed by atoms with van der Waals surface area (Å²) in [6.07, 6.45) is 3.85. The lowest BCUT2D eigenvalue weighted by Crippen LogP contribution is -2.30. The van der Waals surface area contributed by atoms with Crippen LogP contribution in [0.4, 0.5) is 0 Å². The molecule has 4 heteroatoms. The highest BCUT2D eigenvalue weighted by molar-refractivity contribution is 5.98. The normalized spacial score (nSPS) is 14.2. The molecule has 150 valence electrons. The van der Waals surface area contributed by atoms with E-state index in [1.165, 1.54) is 11.1 Å². The number of rotatable bonds is 5. The van der Waals surface area contributed by atoms with Crippen molar-refractivity contribution in [1.82, 2.24) is 10.2 Å². The van der Waals surface area contributed by atoms with Gasteiger partial charge in [0.15, 0.2) is 0 Å². The van der Waals surface area contributed by atoms with Crippen LogP contribution >= 0.6 is 0 Å². The molecule has 0 saturated carbocycles. The molecule has 3 aromatic rings. The first-order valence-corrected chi connectivity index (χ1v) is 10.5. The van der Waals surface area contributed by atoms with Crippen LogP contribution in [0.3, 0.4) is 0 Å². The second-order valence-corrected chi connectivity index (χ2v) is 7.44. The van der Waals surface area contributed by atoms with Gasteiger partial charge >= 0.3 is 0 Å². The highest BCUT2D eigenvalue weighted by Crippen LogP contribution is 2.36. The van der Waals surface area contributed by atoms with E-state index in [-0.39, 0.29) is 5.91 Å². The number of nitrogens with one attached hydrogen (secondary N) is 1. The van der Waals surface area contributed by atoms with Crippen LogP contribution in [0.1, 0.15) is 48.4 Å². The zero-order valence-corrected chi connectivity index (χ0v) is 17.2. The van der Waals surface area contributed by atoms with E-state index in [9.17, 15) is 4.79 Å². The molecule has 1 aromatic heterocycles. The van der Waals surface area contributed by atoms with E-state index in [0.717, 1.165) is 66.7 Å². The van der Waals surface area contributed by atoms with E-state index >= 15 is 0 Å². The Bertz CT molecular complexity index is 1020. The van der Waals surface area contributed by atoms with Crippen molar-refractivity contribution < 1.29 is 9.21 Å². The molecular weight excluding hydrogens is 360 g/mol. The van der Waals surface area contributed by atoms with Crippen molar-refractivity contribution >= 4 is 22.3 Å². The minimum Gasteiger partial charge on any atom is -0.463 e. The number of benzene rings is 2. The Morgan fingerprint density at radius 2 is 1.62 bits per heavy atom. The predicted molar refractivity (Wildman–Crippen MR) is 118 cm³/mol. The minimum atomic E-state index is 0.0843. The van der Waals surface area contributed by atoms with Gasteiger partial charge in [0.05, 0.1) is 6.26 Å². The predicted octanol–water partition coefficient (Wildman–Crippen LogP) is 5.10.